The topological polar surface area (TPSA) is 61.6 Å². The van der Waals surface area contributed by atoms with Crippen LogP contribution in [0, 0.1) is 29.9 Å². The van der Waals surface area contributed by atoms with Gasteiger partial charge in [0.1, 0.15) is 35.0 Å². The summed E-state index contributed by atoms with van der Waals surface area (Å²) in [5.74, 6) is -0.562. The Morgan fingerprint density at radius 2 is 2.00 bits per heavy atom. The predicted molar refractivity (Wildman–Crippen MR) is 61.1 cm³/mol. The molecule has 0 bridgehead atoms. The minimum absolute atomic E-state index is 0.0445. The quantitative estimate of drug-likeness (QED) is 0.884. The Bertz CT molecular complexity index is 634. The van der Waals surface area contributed by atoms with Gasteiger partial charge in [0.2, 0.25) is 0 Å². The molecular formula is C12H8F2N4. The van der Waals surface area contributed by atoms with Gasteiger partial charge in [-0.25, -0.2) is 18.7 Å². The van der Waals surface area contributed by atoms with Crippen LogP contribution in [0.2, 0.25) is 0 Å². The van der Waals surface area contributed by atoms with E-state index in [0.29, 0.717) is 5.82 Å². The van der Waals surface area contributed by atoms with Crippen molar-refractivity contribution in [3.63, 3.8) is 0 Å². The second kappa shape index (κ2) is 4.75. The largest absolute Gasteiger partial charge is 0.338 e. The van der Waals surface area contributed by atoms with Gasteiger partial charge in [-0.1, -0.05) is 0 Å². The smallest absolute Gasteiger partial charge is 0.146 e. The van der Waals surface area contributed by atoms with Gasteiger partial charge in [-0.05, 0) is 19.1 Å². The van der Waals surface area contributed by atoms with E-state index >= 15 is 0 Å². The zero-order valence-corrected chi connectivity index (χ0v) is 9.41. The van der Waals surface area contributed by atoms with Crippen molar-refractivity contribution in [3.05, 3.63) is 47.4 Å². The van der Waals surface area contributed by atoms with Gasteiger partial charge in [0.25, 0.3) is 0 Å². The highest BCUT2D eigenvalue weighted by Crippen LogP contribution is 2.20. The average molecular weight is 246 g/mol. The van der Waals surface area contributed by atoms with Crippen molar-refractivity contribution >= 4 is 11.5 Å². The van der Waals surface area contributed by atoms with Crippen LogP contribution in [0.3, 0.4) is 0 Å². The van der Waals surface area contributed by atoms with Gasteiger partial charge in [-0.3, -0.25) is 0 Å². The summed E-state index contributed by atoms with van der Waals surface area (Å²) in [5, 5.41) is 11.4. The van der Waals surface area contributed by atoms with Gasteiger partial charge in [0.15, 0.2) is 0 Å². The van der Waals surface area contributed by atoms with Crippen LogP contribution in [0.1, 0.15) is 11.5 Å². The molecule has 0 aliphatic rings. The number of nitrogens with zero attached hydrogens (tertiary/aromatic N) is 3. The van der Waals surface area contributed by atoms with Gasteiger partial charge < -0.3 is 5.32 Å². The van der Waals surface area contributed by atoms with Crippen molar-refractivity contribution in [3.8, 4) is 6.07 Å². The first-order valence-electron chi connectivity index (χ1n) is 5.06. The molecule has 0 unspecified atom stereocenters. The number of nitrogens with one attached hydrogen (secondary N) is 1. The summed E-state index contributed by atoms with van der Waals surface area (Å²) in [6, 6.07) is 6.26. The molecule has 0 aliphatic heterocycles. The number of hydrogen-bond donors (Lipinski definition) is 1. The third-order valence-corrected chi connectivity index (χ3v) is 2.14. The van der Waals surface area contributed by atoms with Gasteiger partial charge in [-0.2, -0.15) is 5.26 Å². The molecule has 6 heteroatoms. The normalized spacial score (nSPS) is 9.89. The second-order valence-corrected chi connectivity index (χ2v) is 3.55. The third kappa shape index (κ3) is 2.58. The molecule has 1 aromatic carbocycles. The molecule has 0 amide bonds. The van der Waals surface area contributed by atoms with Crippen molar-refractivity contribution in [2.75, 3.05) is 5.32 Å². The van der Waals surface area contributed by atoms with E-state index in [1.165, 1.54) is 6.07 Å². The van der Waals surface area contributed by atoms with E-state index in [1.807, 2.05) is 6.07 Å². The first-order valence-corrected chi connectivity index (χ1v) is 5.06. The molecule has 18 heavy (non-hydrogen) atoms. The fourth-order valence-electron chi connectivity index (χ4n) is 1.42. The van der Waals surface area contributed by atoms with E-state index in [9.17, 15) is 8.78 Å². The summed E-state index contributed by atoms with van der Waals surface area (Å²) in [7, 11) is 0. The minimum Gasteiger partial charge on any atom is -0.338 e. The molecule has 0 spiro atoms. The van der Waals surface area contributed by atoms with Crippen molar-refractivity contribution in [2.45, 2.75) is 6.92 Å². The van der Waals surface area contributed by atoms with E-state index < -0.39 is 11.6 Å². The first kappa shape index (κ1) is 11.9. The van der Waals surface area contributed by atoms with Crippen LogP contribution in [0.5, 0.6) is 0 Å². The molecule has 2 rings (SSSR count). The molecule has 0 aliphatic carbocycles. The number of benzene rings is 1. The molecule has 1 aromatic heterocycles. The lowest BCUT2D eigenvalue weighted by Crippen LogP contribution is -2.01. The maximum Gasteiger partial charge on any atom is 0.146 e. The number of halogens is 2. The van der Waals surface area contributed by atoms with E-state index in [1.54, 1.807) is 6.92 Å². The Morgan fingerprint density at radius 1 is 1.22 bits per heavy atom. The van der Waals surface area contributed by atoms with Crippen molar-refractivity contribution in [1.29, 1.82) is 5.26 Å². The lowest BCUT2D eigenvalue weighted by molar-refractivity contribution is 0.603. The van der Waals surface area contributed by atoms with Crippen LogP contribution < -0.4 is 5.32 Å². The van der Waals surface area contributed by atoms with Crippen molar-refractivity contribution in [1.82, 2.24) is 9.97 Å². The number of nitriles is 1. The molecular weight excluding hydrogens is 238 g/mol. The van der Waals surface area contributed by atoms with E-state index in [-0.39, 0.29) is 17.2 Å². The van der Waals surface area contributed by atoms with Gasteiger partial charge in [0.05, 0.1) is 5.69 Å². The Labute approximate surface area is 102 Å². The molecule has 0 atom stereocenters. The standard InChI is InChI=1S/C12H8F2N4/c1-7-16-9(6-15)5-12(17-7)18-11-4-8(13)2-3-10(11)14/h2-5H,1H3,(H,16,17,18). The first-order chi connectivity index (χ1) is 8.58. The van der Waals surface area contributed by atoms with E-state index in [2.05, 4.69) is 15.3 Å². The fourth-order valence-corrected chi connectivity index (χ4v) is 1.42. The highest BCUT2D eigenvalue weighted by Gasteiger charge is 2.06. The molecule has 4 nitrogen and oxygen atoms in total. The Kier molecular flexibility index (Phi) is 3.15. The highest BCUT2D eigenvalue weighted by atomic mass is 19.1. The Morgan fingerprint density at radius 3 is 2.72 bits per heavy atom. The number of rotatable bonds is 2. The van der Waals surface area contributed by atoms with E-state index in [0.717, 1.165) is 18.2 Å². The Hall–Kier alpha value is -2.55. The number of aryl methyl sites for hydroxylation is 1. The van der Waals surface area contributed by atoms with Crippen LogP contribution in [-0.2, 0) is 0 Å². The maximum absolute atomic E-state index is 13.4. The molecule has 0 saturated heterocycles. The van der Waals surface area contributed by atoms with Gasteiger partial charge in [-0.15, -0.1) is 0 Å². The monoisotopic (exact) mass is 246 g/mol. The Balaban J connectivity index is 2.37. The van der Waals surface area contributed by atoms with Crippen LogP contribution >= 0.6 is 0 Å². The minimum atomic E-state index is -0.605. The summed E-state index contributed by atoms with van der Waals surface area (Å²) >= 11 is 0. The van der Waals surface area contributed by atoms with Crippen LogP contribution in [0.15, 0.2) is 24.3 Å². The summed E-state index contributed by atoms with van der Waals surface area (Å²) in [4.78, 5) is 7.84. The molecule has 90 valence electrons. The molecule has 0 radical (unpaired) electrons. The van der Waals surface area contributed by atoms with Crippen LogP contribution in [-0.4, -0.2) is 9.97 Å². The number of aromatic nitrogens is 2. The molecule has 0 fully saturated rings. The van der Waals surface area contributed by atoms with Crippen molar-refractivity contribution in [2.24, 2.45) is 0 Å². The summed E-state index contributed by atoms with van der Waals surface area (Å²) in [6.07, 6.45) is 0. The molecule has 0 saturated carbocycles. The molecule has 1 heterocycles. The highest BCUT2D eigenvalue weighted by molar-refractivity contribution is 5.57. The summed E-state index contributed by atoms with van der Waals surface area (Å²) in [5.41, 5.74) is 0.110. The molecule has 2 aromatic rings. The zero-order valence-electron chi connectivity index (χ0n) is 9.41. The van der Waals surface area contributed by atoms with Crippen LogP contribution in [0.4, 0.5) is 20.3 Å². The van der Waals surface area contributed by atoms with E-state index in [4.69, 9.17) is 5.26 Å². The van der Waals surface area contributed by atoms with Gasteiger partial charge in [0, 0.05) is 12.1 Å². The fraction of sp³-hybridized carbons (Fsp3) is 0.0833. The third-order valence-electron chi connectivity index (χ3n) is 2.14. The average Bonchev–Trinajstić information content (AvgIpc) is 2.33. The SMILES string of the molecule is Cc1nc(C#N)cc(Nc2cc(F)ccc2F)n1. The van der Waals surface area contributed by atoms with Crippen LogP contribution in [0.25, 0.3) is 0 Å². The van der Waals surface area contributed by atoms with Gasteiger partial charge >= 0.3 is 0 Å². The lowest BCUT2D eigenvalue weighted by atomic mass is 10.3. The summed E-state index contributed by atoms with van der Waals surface area (Å²) in [6.45, 7) is 1.61. The number of anilines is 2. The maximum atomic E-state index is 13.4. The molecule has 1 N–H and O–H groups in total. The lowest BCUT2D eigenvalue weighted by Gasteiger charge is -2.07. The summed E-state index contributed by atoms with van der Waals surface area (Å²) < 4.78 is 26.4. The second-order valence-electron chi connectivity index (χ2n) is 3.55. The predicted octanol–water partition coefficient (Wildman–Crippen LogP) is 2.68. The zero-order chi connectivity index (χ0) is 13.1. The van der Waals surface area contributed by atoms with Crippen molar-refractivity contribution < 1.29 is 8.78 Å². The number of hydrogen-bond acceptors (Lipinski definition) is 4.